The molecule has 0 fully saturated rings. The van der Waals surface area contributed by atoms with Gasteiger partial charge in [0.2, 0.25) is 5.95 Å². The second-order valence-electron chi connectivity index (χ2n) is 4.14. The van der Waals surface area contributed by atoms with Gasteiger partial charge in [0, 0.05) is 38.3 Å². The number of aryl methyl sites for hydroxylation is 1. The lowest BCUT2D eigenvalue weighted by Crippen LogP contribution is -2.04. The summed E-state index contributed by atoms with van der Waals surface area (Å²) in [7, 11) is 1.74. The van der Waals surface area contributed by atoms with Gasteiger partial charge >= 0.3 is 0 Å². The van der Waals surface area contributed by atoms with Crippen LogP contribution in [0.15, 0.2) is 42.7 Å². The number of hydrogen-bond donors (Lipinski definition) is 1. The summed E-state index contributed by atoms with van der Waals surface area (Å²) in [5.74, 6) is 0.888. The quantitative estimate of drug-likeness (QED) is 0.762. The summed E-state index contributed by atoms with van der Waals surface area (Å²) < 4.78 is 7.17. The fourth-order valence-corrected chi connectivity index (χ4v) is 1.79. The molecule has 18 heavy (non-hydrogen) atoms. The van der Waals surface area contributed by atoms with Gasteiger partial charge < -0.3 is 14.6 Å². The molecule has 1 aromatic carbocycles. The third-order valence-electron chi connectivity index (χ3n) is 2.74. The zero-order chi connectivity index (χ0) is 12.6. The molecule has 4 heteroatoms. The highest BCUT2D eigenvalue weighted by Gasteiger charge is 2.02. The van der Waals surface area contributed by atoms with E-state index < -0.39 is 0 Å². The van der Waals surface area contributed by atoms with Gasteiger partial charge in [0.15, 0.2) is 0 Å². The van der Waals surface area contributed by atoms with Crippen LogP contribution in [0, 0.1) is 0 Å². The Hall–Kier alpha value is -1.81. The monoisotopic (exact) mass is 245 g/mol. The summed E-state index contributed by atoms with van der Waals surface area (Å²) in [5.41, 5.74) is 1.06. The zero-order valence-corrected chi connectivity index (χ0v) is 10.7. The largest absolute Gasteiger partial charge is 0.385 e. The van der Waals surface area contributed by atoms with Crippen molar-refractivity contribution >= 4 is 11.6 Å². The van der Waals surface area contributed by atoms with Crippen molar-refractivity contribution in [1.29, 1.82) is 0 Å². The van der Waals surface area contributed by atoms with Crippen molar-refractivity contribution in [2.75, 3.05) is 19.0 Å². The first kappa shape index (κ1) is 12.6. The van der Waals surface area contributed by atoms with Crippen LogP contribution in [-0.2, 0) is 11.3 Å². The standard InChI is InChI=1S/C14H19N3O/c1-18-12-6-5-10-17-11-9-15-14(17)16-13-7-3-2-4-8-13/h2-4,7-9,11H,5-6,10,12H2,1H3,(H,15,16). The van der Waals surface area contributed by atoms with Crippen molar-refractivity contribution in [2.24, 2.45) is 0 Å². The maximum atomic E-state index is 5.05. The molecule has 96 valence electrons. The lowest BCUT2D eigenvalue weighted by Gasteiger charge is -2.09. The maximum absolute atomic E-state index is 5.05. The number of unbranched alkanes of at least 4 members (excludes halogenated alkanes) is 1. The van der Waals surface area contributed by atoms with E-state index >= 15 is 0 Å². The molecule has 2 aromatic rings. The molecule has 0 radical (unpaired) electrons. The molecule has 2 rings (SSSR count). The number of nitrogens with one attached hydrogen (secondary N) is 1. The van der Waals surface area contributed by atoms with E-state index in [0.29, 0.717) is 0 Å². The summed E-state index contributed by atoms with van der Waals surface area (Å²) in [6.07, 6.45) is 5.98. The number of nitrogens with zero attached hydrogens (tertiary/aromatic N) is 2. The molecule has 0 spiro atoms. The minimum absolute atomic E-state index is 0.816. The Balaban J connectivity index is 1.91. The lowest BCUT2D eigenvalue weighted by atomic mass is 10.3. The van der Waals surface area contributed by atoms with Crippen LogP contribution in [0.25, 0.3) is 0 Å². The molecular formula is C14H19N3O. The van der Waals surface area contributed by atoms with Crippen LogP contribution in [0.3, 0.4) is 0 Å². The van der Waals surface area contributed by atoms with Gasteiger partial charge in [0.05, 0.1) is 0 Å². The van der Waals surface area contributed by atoms with Gasteiger partial charge in [-0.2, -0.15) is 0 Å². The number of hydrogen-bond acceptors (Lipinski definition) is 3. The minimum atomic E-state index is 0.816. The topological polar surface area (TPSA) is 39.1 Å². The van der Waals surface area contributed by atoms with Crippen LogP contribution >= 0.6 is 0 Å². The van der Waals surface area contributed by atoms with Crippen LogP contribution in [-0.4, -0.2) is 23.3 Å². The molecule has 1 N–H and O–H groups in total. The number of ether oxygens (including phenoxy) is 1. The molecule has 0 unspecified atom stereocenters. The van der Waals surface area contributed by atoms with Crippen molar-refractivity contribution in [3.63, 3.8) is 0 Å². The third-order valence-corrected chi connectivity index (χ3v) is 2.74. The van der Waals surface area contributed by atoms with Crippen LogP contribution in [0.2, 0.25) is 0 Å². The Morgan fingerprint density at radius 1 is 1.22 bits per heavy atom. The van der Waals surface area contributed by atoms with Crippen LogP contribution in [0.5, 0.6) is 0 Å². The Morgan fingerprint density at radius 3 is 2.83 bits per heavy atom. The molecule has 0 aliphatic carbocycles. The van der Waals surface area contributed by atoms with E-state index in [1.165, 1.54) is 0 Å². The van der Waals surface area contributed by atoms with Gasteiger partial charge in [-0.05, 0) is 25.0 Å². The first-order valence-corrected chi connectivity index (χ1v) is 6.22. The van der Waals surface area contributed by atoms with Crippen molar-refractivity contribution in [1.82, 2.24) is 9.55 Å². The molecule has 0 aliphatic rings. The van der Waals surface area contributed by atoms with E-state index in [-0.39, 0.29) is 0 Å². The van der Waals surface area contributed by atoms with Crippen molar-refractivity contribution in [3.8, 4) is 0 Å². The number of methoxy groups -OCH3 is 1. The Kier molecular flexibility index (Phi) is 4.78. The first-order chi connectivity index (χ1) is 8.90. The highest BCUT2D eigenvalue weighted by Crippen LogP contribution is 2.14. The number of para-hydroxylation sites is 1. The molecule has 0 amide bonds. The Morgan fingerprint density at radius 2 is 2.06 bits per heavy atom. The summed E-state index contributed by atoms with van der Waals surface area (Å²) in [5, 5.41) is 3.31. The second-order valence-corrected chi connectivity index (χ2v) is 4.14. The highest BCUT2D eigenvalue weighted by atomic mass is 16.5. The molecule has 0 atom stereocenters. The van der Waals surface area contributed by atoms with Gasteiger partial charge in [0.25, 0.3) is 0 Å². The average molecular weight is 245 g/mol. The predicted octanol–water partition coefficient (Wildman–Crippen LogP) is 3.05. The zero-order valence-electron chi connectivity index (χ0n) is 10.7. The number of imidazole rings is 1. The predicted molar refractivity (Wildman–Crippen MR) is 73.1 cm³/mol. The maximum Gasteiger partial charge on any atom is 0.207 e. The van der Waals surface area contributed by atoms with Gasteiger partial charge in [-0.3, -0.25) is 0 Å². The van der Waals surface area contributed by atoms with Crippen LogP contribution in [0.1, 0.15) is 12.8 Å². The molecule has 0 bridgehead atoms. The van der Waals surface area contributed by atoms with E-state index in [0.717, 1.165) is 37.6 Å². The van der Waals surface area contributed by atoms with Gasteiger partial charge in [-0.1, -0.05) is 18.2 Å². The van der Waals surface area contributed by atoms with E-state index in [9.17, 15) is 0 Å². The smallest absolute Gasteiger partial charge is 0.207 e. The number of rotatable bonds is 7. The number of aromatic nitrogens is 2. The van der Waals surface area contributed by atoms with Gasteiger partial charge in [0.1, 0.15) is 0 Å². The van der Waals surface area contributed by atoms with E-state index in [2.05, 4.69) is 14.9 Å². The third kappa shape index (κ3) is 3.60. The summed E-state index contributed by atoms with van der Waals surface area (Å²) in [6.45, 7) is 1.77. The number of benzene rings is 1. The van der Waals surface area contributed by atoms with Crippen molar-refractivity contribution < 1.29 is 4.74 Å². The first-order valence-electron chi connectivity index (χ1n) is 6.22. The minimum Gasteiger partial charge on any atom is -0.385 e. The average Bonchev–Trinajstić information content (AvgIpc) is 2.83. The fraction of sp³-hybridized carbons (Fsp3) is 0.357. The summed E-state index contributed by atoms with van der Waals surface area (Å²) in [4.78, 5) is 4.33. The van der Waals surface area contributed by atoms with Crippen molar-refractivity contribution in [3.05, 3.63) is 42.7 Å². The molecular weight excluding hydrogens is 226 g/mol. The van der Waals surface area contributed by atoms with Gasteiger partial charge in [-0.25, -0.2) is 4.98 Å². The summed E-state index contributed by atoms with van der Waals surface area (Å²) in [6, 6.07) is 10.1. The molecule has 0 saturated carbocycles. The number of anilines is 2. The van der Waals surface area contributed by atoms with E-state index in [1.54, 1.807) is 7.11 Å². The van der Waals surface area contributed by atoms with E-state index in [4.69, 9.17) is 4.74 Å². The Labute approximate surface area is 108 Å². The highest BCUT2D eigenvalue weighted by molar-refractivity contribution is 5.52. The summed E-state index contributed by atoms with van der Waals surface area (Å²) >= 11 is 0. The van der Waals surface area contributed by atoms with Crippen LogP contribution < -0.4 is 5.32 Å². The molecule has 4 nitrogen and oxygen atoms in total. The van der Waals surface area contributed by atoms with Crippen LogP contribution in [0.4, 0.5) is 11.6 Å². The molecule has 1 aromatic heterocycles. The van der Waals surface area contributed by atoms with Crippen molar-refractivity contribution in [2.45, 2.75) is 19.4 Å². The SMILES string of the molecule is COCCCCn1ccnc1Nc1ccccc1. The normalized spacial score (nSPS) is 10.5. The lowest BCUT2D eigenvalue weighted by molar-refractivity contribution is 0.191. The van der Waals surface area contributed by atoms with E-state index in [1.807, 2.05) is 42.7 Å². The fourth-order valence-electron chi connectivity index (χ4n) is 1.79. The second kappa shape index (κ2) is 6.81. The molecule has 0 saturated heterocycles. The molecule has 1 heterocycles. The molecule has 0 aliphatic heterocycles. The Bertz CT molecular complexity index is 453. The van der Waals surface area contributed by atoms with Gasteiger partial charge in [-0.15, -0.1) is 0 Å².